The Morgan fingerprint density at radius 1 is 1.32 bits per heavy atom. The topological polar surface area (TPSA) is 50.9 Å². The van der Waals surface area contributed by atoms with E-state index in [4.69, 9.17) is 0 Å². The summed E-state index contributed by atoms with van der Waals surface area (Å²) in [7, 11) is 0. The number of aromatic nitrogens is 3. The van der Waals surface area contributed by atoms with Crippen molar-refractivity contribution in [2.75, 3.05) is 6.61 Å². The van der Waals surface area contributed by atoms with Crippen LogP contribution in [0.2, 0.25) is 0 Å². The minimum Gasteiger partial charge on any atom is -0.396 e. The van der Waals surface area contributed by atoms with Crippen LogP contribution >= 0.6 is 0 Å². The van der Waals surface area contributed by atoms with Crippen molar-refractivity contribution in [3.8, 4) is 0 Å². The summed E-state index contributed by atoms with van der Waals surface area (Å²) in [5.41, 5.74) is 0.991. The van der Waals surface area contributed by atoms with E-state index in [-0.39, 0.29) is 18.3 Å². The van der Waals surface area contributed by atoms with Crippen LogP contribution in [-0.2, 0) is 13.0 Å². The standard InChI is InChI=1S/C14H16FN3O/c15-12-5-3-10(4-6-12)8-13-16-14-11(9-19)2-1-7-18(14)17-13/h3-6,11,19H,1-2,7-9H2. The fourth-order valence-corrected chi connectivity index (χ4v) is 2.52. The molecule has 1 aromatic heterocycles. The normalized spacial score (nSPS) is 18.3. The lowest BCUT2D eigenvalue weighted by molar-refractivity contribution is 0.234. The first-order valence-electron chi connectivity index (χ1n) is 6.55. The Balaban J connectivity index is 1.82. The Morgan fingerprint density at radius 2 is 2.11 bits per heavy atom. The van der Waals surface area contributed by atoms with Crippen LogP contribution in [0.1, 0.15) is 36.0 Å². The van der Waals surface area contributed by atoms with E-state index >= 15 is 0 Å². The number of aliphatic hydroxyl groups is 1. The van der Waals surface area contributed by atoms with Gasteiger partial charge in [0.2, 0.25) is 0 Å². The van der Waals surface area contributed by atoms with Gasteiger partial charge in [0.05, 0.1) is 6.61 Å². The highest BCUT2D eigenvalue weighted by Crippen LogP contribution is 2.25. The van der Waals surface area contributed by atoms with E-state index < -0.39 is 0 Å². The van der Waals surface area contributed by atoms with Gasteiger partial charge in [-0.1, -0.05) is 12.1 Å². The molecule has 0 saturated carbocycles. The summed E-state index contributed by atoms with van der Waals surface area (Å²) >= 11 is 0. The van der Waals surface area contributed by atoms with E-state index in [0.29, 0.717) is 6.42 Å². The number of aryl methyl sites for hydroxylation is 1. The smallest absolute Gasteiger partial charge is 0.155 e. The van der Waals surface area contributed by atoms with E-state index in [2.05, 4.69) is 10.1 Å². The minimum atomic E-state index is -0.235. The van der Waals surface area contributed by atoms with Gasteiger partial charge in [-0.05, 0) is 30.5 Å². The number of benzene rings is 1. The van der Waals surface area contributed by atoms with Gasteiger partial charge in [0.1, 0.15) is 11.6 Å². The summed E-state index contributed by atoms with van der Waals surface area (Å²) in [6.45, 7) is 0.983. The van der Waals surface area contributed by atoms with Crippen LogP contribution in [-0.4, -0.2) is 26.5 Å². The molecule has 0 saturated heterocycles. The molecule has 1 aromatic carbocycles. The van der Waals surface area contributed by atoms with E-state index in [1.807, 2.05) is 4.68 Å². The summed E-state index contributed by atoms with van der Waals surface area (Å²) in [6.07, 6.45) is 2.58. The molecule has 2 aromatic rings. The summed E-state index contributed by atoms with van der Waals surface area (Å²) in [5.74, 6) is 1.48. The third kappa shape index (κ3) is 2.51. The first kappa shape index (κ1) is 12.3. The Kier molecular flexibility index (Phi) is 3.29. The number of nitrogens with zero attached hydrogens (tertiary/aromatic N) is 3. The number of halogens is 1. The number of rotatable bonds is 3. The molecule has 0 radical (unpaired) electrons. The first-order chi connectivity index (χ1) is 9.26. The van der Waals surface area contributed by atoms with Crippen LogP contribution in [0, 0.1) is 5.82 Å². The molecule has 100 valence electrons. The summed E-state index contributed by atoms with van der Waals surface area (Å²) in [5, 5.41) is 13.8. The molecule has 4 nitrogen and oxygen atoms in total. The van der Waals surface area contributed by atoms with Gasteiger partial charge in [-0.2, -0.15) is 5.10 Å². The molecule has 0 spiro atoms. The fourth-order valence-electron chi connectivity index (χ4n) is 2.52. The lowest BCUT2D eigenvalue weighted by Crippen LogP contribution is -2.19. The molecule has 1 aliphatic rings. The van der Waals surface area contributed by atoms with Gasteiger partial charge >= 0.3 is 0 Å². The first-order valence-corrected chi connectivity index (χ1v) is 6.55. The van der Waals surface area contributed by atoms with Crippen molar-refractivity contribution in [2.45, 2.75) is 31.7 Å². The van der Waals surface area contributed by atoms with Crippen LogP contribution in [0.3, 0.4) is 0 Å². The van der Waals surface area contributed by atoms with Gasteiger partial charge < -0.3 is 5.11 Å². The Bertz CT molecular complexity index is 565. The minimum absolute atomic E-state index is 0.100. The molecule has 1 aliphatic heterocycles. The average Bonchev–Trinajstić information content (AvgIpc) is 2.83. The predicted octanol–water partition coefficient (Wildman–Crippen LogP) is 1.88. The molecule has 3 rings (SSSR count). The summed E-state index contributed by atoms with van der Waals surface area (Å²) in [6, 6.07) is 6.39. The van der Waals surface area contributed by atoms with Crippen molar-refractivity contribution in [2.24, 2.45) is 0 Å². The highest BCUT2D eigenvalue weighted by molar-refractivity contribution is 5.20. The maximum atomic E-state index is 12.8. The molecule has 2 heterocycles. The Hall–Kier alpha value is -1.75. The zero-order chi connectivity index (χ0) is 13.2. The van der Waals surface area contributed by atoms with Gasteiger partial charge in [0.15, 0.2) is 5.82 Å². The molecular weight excluding hydrogens is 245 g/mol. The lowest BCUT2D eigenvalue weighted by atomic mass is 10.0. The zero-order valence-corrected chi connectivity index (χ0v) is 10.6. The van der Waals surface area contributed by atoms with Crippen LogP contribution in [0.15, 0.2) is 24.3 Å². The largest absolute Gasteiger partial charge is 0.396 e. The molecular formula is C14H16FN3O. The number of hydrogen-bond acceptors (Lipinski definition) is 3. The molecule has 0 amide bonds. The summed E-state index contributed by atoms with van der Waals surface area (Å²) in [4.78, 5) is 4.52. The van der Waals surface area contributed by atoms with Crippen molar-refractivity contribution < 1.29 is 9.50 Å². The van der Waals surface area contributed by atoms with Crippen LogP contribution in [0.5, 0.6) is 0 Å². The quantitative estimate of drug-likeness (QED) is 0.917. The van der Waals surface area contributed by atoms with E-state index in [9.17, 15) is 9.50 Å². The van der Waals surface area contributed by atoms with Crippen LogP contribution < -0.4 is 0 Å². The molecule has 5 heteroatoms. The van der Waals surface area contributed by atoms with E-state index in [1.165, 1.54) is 12.1 Å². The van der Waals surface area contributed by atoms with Crippen LogP contribution in [0.4, 0.5) is 4.39 Å². The monoisotopic (exact) mass is 261 g/mol. The van der Waals surface area contributed by atoms with Gasteiger partial charge in [0, 0.05) is 18.9 Å². The highest BCUT2D eigenvalue weighted by atomic mass is 19.1. The molecule has 19 heavy (non-hydrogen) atoms. The maximum absolute atomic E-state index is 12.8. The SMILES string of the molecule is OCC1CCCn2nc(Cc3ccc(F)cc3)nc21. The van der Waals surface area contributed by atoms with Gasteiger partial charge in [-0.3, -0.25) is 0 Å². The molecule has 0 bridgehead atoms. The zero-order valence-electron chi connectivity index (χ0n) is 10.6. The van der Waals surface area contributed by atoms with Gasteiger partial charge in [0.25, 0.3) is 0 Å². The Morgan fingerprint density at radius 3 is 2.84 bits per heavy atom. The molecule has 1 N–H and O–H groups in total. The van der Waals surface area contributed by atoms with Gasteiger partial charge in [-0.15, -0.1) is 0 Å². The van der Waals surface area contributed by atoms with Crippen molar-refractivity contribution in [1.29, 1.82) is 0 Å². The Labute approximate surface area is 110 Å². The third-order valence-corrected chi connectivity index (χ3v) is 3.53. The second kappa shape index (κ2) is 5.09. The lowest BCUT2D eigenvalue weighted by Gasteiger charge is -2.19. The van der Waals surface area contributed by atoms with Gasteiger partial charge in [-0.25, -0.2) is 14.1 Å². The second-order valence-electron chi connectivity index (χ2n) is 4.93. The molecule has 0 aliphatic carbocycles. The second-order valence-corrected chi connectivity index (χ2v) is 4.93. The maximum Gasteiger partial charge on any atom is 0.155 e. The van der Waals surface area contributed by atoms with E-state index in [0.717, 1.165) is 36.6 Å². The van der Waals surface area contributed by atoms with Crippen molar-refractivity contribution in [3.05, 3.63) is 47.3 Å². The van der Waals surface area contributed by atoms with Crippen molar-refractivity contribution >= 4 is 0 Å². The predicted molar refractivity (Wildman–Crippen MR) is 68.3 cm³/mol. The average molecular weight is 261 g/mol. The third-order valence-electron chi connectivity index (χ3n) is 3.53. The number of fused-ring (bicyclic) bond motifs is 1. The number of hydrogen-bond donors (Lipinski definition) is 1. The molecule has 1 atom stereocenters. The number of aliphatic hydroxyl groups excluding tert-OH is 1. The fraction of sp³-hybridized carbons (Fsp3) is 0.429. The highest BCUT2D eigenvalue weighted by Gasteiger charge is 2.23. The van der Waals surface area contributed by atoms with E-state index in [1.54, 1.807) is 12.1 Å². The van der Waals surface area contributed by atoms with Crippen molar-refractivity contribution in [3.63, 3.8) is 0 Å². The van der Waals surface area contributed by atoms with Crippen LogP contribution in [0.25, 0.3) is 0 Å². The summed E-state index contributed by atoms with van der Waals surface area (Å²) < 4.78 is 14.7. The molecule has 0 fully saturated rings. The molecule has 1 unspecified atom stereocenters. The van der Waals surface area contributed by atoms with Crippen molar-refractivity contribution in [1.82, 2.24) is 14.8 Å².